The topological polar surface area (TPSA) is 55.8 Å². The van der Waals surface area contributed by atoms with E-state index in [1.165, 1.54) is 0 Å². The van der Waals surface area contributed by atoms with Crippen molar-refractivity contribution >= 4 is 35.8 Å². The molecule has 6 nitrogen and oxygen atoms in total. The van der Waals surface area contributed by atoms with Crippen molar-refractivity contribution in [2.45, 2.75) is 45.3 Å². The van der Waals surface area contributed by atoms with E-state index >= 15 is 0 Å². The maximum Gasteiger partial charge on any atom is 0.191 e. The van der Waals surface area contributed by atoms with Crippen LogP contribution in [0.1, 0.15) is 32.4 Å². The summed E-state index contributed by atoms with van der Waals surface area (Å²) >= 11 is 0. The number of pyridine rings is 1. The van der Waals surface area contributed by atoms with Gasteiger partial charge in [0.1, 0.15) is 5.82 Å². The van der Waals surface area contributed by atoms with E-state index in [4.69, 9.17) is 0 Å². The molecule has 0 saturated carbocycles. The minimum absolute atomic E-state index is 0. The molecule has 142 valence electrons. The molecule has 1 aromatic heterocycles. The first-order valence-electron chi connectivity index (χ1n) is 8.84. The predicted molar refractivity (Wildman–Crippen MR) is 117 cm³/mol. The lowest BCUT2D eigenvalue weighted by Gasteiger charge is -2.35. The van der Waals surface area contributed by atoms with Crippen LogP contribution < -0.4 is 15.5 Å². The zero-order valence-corrected chi connectivity index (χ0v) is 18.4. The zero-order chi connectivity index (χ0) is 17.5. The summed E-state index contributed by atoms with van der Waals surface area (Å²) in [6.45, 7) is 7.51. The van der Waals surface area contributed by atoms with Crippen molar-refractivity contribution < 1.29 is 0 Å². The van der Waals surface area contributed by atoms with Gasteiger partial charge < -0.3 is 20.4 Å². The lowest BCUT2D eigenvalue weighted by atomic mass is 10.0. The van der Waals surface area contributed by atoms with E-state index in [2.05, 4.69) is 39.4 Å². The summed E-state index contributed by atoms with van der Waals surface area (Å²) in [5.74, 6) is 1.83. The Morgan fingerprint density at radius 2 is 2.00 bits per heavy atom. The highest BCUT2D eigenvalue weighted by Gasteiger charge is 2.21. The Balaban J connectivity index is 0.00000312. The summed E-state index contributed by atoms with van der Waals surface area (Å²) in [4.78, 5) is 13.5. The van der Waals surface area contributed by atoms with E-state index < -0.39 is 0 Å². The molecule has 25 heavy (non-hydrogen) atoms. The van der Waals surface area contributed by atoms with E-state index in [0.717, 1.165) is 43.4 Å². The maximum absolute atomic E-state index is 4.63. The van der Waals surface area contributed by atoms with E-state index in [0.29, 0.717) is 18.6 Å². The highest BCUT2D eigenvalue weighted by molar-refractivity contribution is 14.0. The van der Waals surface area contributed by atoms with Gasteiger partial charge in [0.05, 0.1) is 12.2 Å². The first-order valence-corrected chi connectivity index (χ1v) is 8.84. The fourth-order valence-corrected chi connectivity index (χ4v) is 2.94. The lowest BCUT2D eigenvalue weighted by molar-refractivity contribution is 0.167. The molecule has 0 unspecified atom stereocenters. The van der Waals surface area contributed by atoms with Gasteiger partial charge in [-0.15, -0.1) is 24.0 Å². The number of nitrogens with one attached hydrogen (secondary N) is 2. The molecular formula is C18H33IN6. The molecule has 1 aromatic rings. The molecule has 0 spiro atoms. The Labute approximate surface area is 169 Å². The second kappa shape index (κ2) is 10.8. The summed E-state index contributed by atoms with van der Waals surface area (Å²) in [6, 6.07) is 7.22. The number of hydrogen-bond acceptors (Lipinski definition) is 4. The second-order valence-electron chi connectivity index (χ2n) is 6.86. The van der Waals surface area contributed by atoms with Crippen LogP contribution in [0, 0.1) is 0 Å². The van der Waals surface area contributed by atoms with Gasteiger partial charge in [0.25, 0.3) is 0 Å². The number of likely N-dealkylation sites (tertiary alicyclic amines) is 1. The first-order chi connectivity index (χ1) is 11.5. The number of rotatable bonds is 5. The number of aliphatic imine (C=N–C) groups is 1. The molecule has 0 atom stereocenters. The molecule has 1 aliphatic rings. The summed E-state index contributed by atoms with van der Waals surface area (Å²) in [5.41, 5.74) is 1.01. The Morgan fingerprint density at radius 1 is 1.32 bits per heavy atom. The number of anilines is 1. The molecule has 0 radical (unpaired) electrons. The standard InChI is InChI=1S/C18H32N6.HI/c1-14(2)24-11-9-15(10-12-24)22-18(19-3)20-13-16-7-6-8-17(21-16)23(4)5;/h6-8,14-15H,9-13H2,1-5H3,(H2,19,20,22);1H. The molecule has 0 aliphatic carbocycles. The van der Waals surface area contributed by atoms with Crippen molar-refractivity contribution in [3.05, 3.63) is 23.9 Å². The molecule has 0 amide bonds. The van der Waals surface area contributed by atoms with E-state index in [-0.39, 0.29) is 24.0 Å². The van der Waals surface area contributed by atoms with Gasteiger partial charge in [-0.25, -0.2) is 4.98 Å². The lowest BCUT2D eigenvalue weighted by Crippen LogP contribution is -2.49. The van der Waals surface area contributed by atoms with Crippen molar-refractivity contribution in [1.29, 1.82) is 0 Å². The molecule has 0 bridgehead atoms. The normalized spacial score (nSPS) is 16.5. The number of halogens is 1. The van der Waals surface area contributed by atoms with Gasteiger partial charge in [-0.2, -0.15) is 0 Å². The number of nitrogens with zero attached hydrogens (tertiary/aromatic N) is 4. The Hall–Kier alpha value is -1.09. The number of piperidine rings is 1. The van der Waals surface area contributed by atoms with Crippen LogP contribution in [0.25, 0.3) is 0 Å². The van der Waals surface area contributed by atoms with Gasteiger partial charge in [-0.1, -0.05) is 6.07 Å². The SMILES string of the molecule is CN=C(NCc1cccc(N(C)C)n1)NC1CCN(C(C)C)CC1.I. The third-order valence-corrected chi connectivity index (χ3v) is 4.51. The van der Waals surface area contributed by atoms with E-state index in [1.807, 2.05) is 44.2 Å². The van der Waals surface area contributed by atoms with Crippen molar-refractivity contribution in [1.82, 2.24) is 20.5 Å². The summed E-state index contributed by atoms with van der Waals surface area (Å²) in [7, 11) is 5.83. The average Bonchev–Trinajstić information content (AvgIpc) is 2.59. The number of guanidine groups is 1. The molecule has 2 heterocycles. The highest BCUT2D eigenvalue weighted by Crippen LogP contribution is 2.13. The summed E-state index contributed by atoms with van der Waals surface area (Å²) < 4.78 is 0. The summed E-state index contributed by atoms with van der Waals surface area (Å²) in [5, 5.41) is 6.92. The van der Waals surface area contributed by atoms with Gasteiger partial charge >= 0.3 is 0 Å². The number of aromatic nitrogens is 1. The van der Waals surface area contributed by atoms with E-state index in [1.54, 1.807) is 0 Å². The molecule has 1 aliphatic heterocycles. The number of hydrogen-bond donors (Lipinski definition) is 2. The van der Waals surface area contributed by atoms with Crippen LogP contribution >= 0.6 is 24.0 Å². The molecule has 7 heteroatoms. The van der Waals surface area contributed by atoms with Gasteiger partial charge in [-0.05, 0) is 38.8 Å². The van der Waals surface area contributed by atoms with Gasteiger partial charge in [0, 0.05) is 46.3 Å². The zero-order valence-electron chi connectivity index (χ0n) is 16.1. The van der Waals surface area contributed by atoms with Crippen molar-refractivity contribution in [2.75, 3.05) is 39.1 Å². The molecule has 2 rings (SSSR count). The minimum Gasteiger partial charge on any atom is -0.363 e. The third-order valence-electron chi connectivity index (χ3n) is 4.51. The maximum atomic E-state index is 4.63. The van der Waals surface area contributed by atoms with Crippen LogP contribution in [0.4, 0.5) is 5.82 Å². The van der Waals surface area contributed by atoms with Crippen molar-refractivity contribution in [2.24, 2.45) is 4.99 Å². The smallest absolute Gasteiger partial charge is 0.191 e. The molecular weight excluding hydrogens is 427 g/mol. The van der Waals surface area contributed by atoms with Crippen molar-refractivity contribution in [3.63, 3.8) is 0 Å². The third kappa shape index (κ3) is 6.97. The van der Waals surface area contributed by atoms with Crippen LogP contribution in [-0.2, 0) is 6.54 Å². The van der Waals surface area contributed by atoms with Crippen LogP contribution in [0.15, 0.2) is 23.2 Å². The Morgan fingerprint density at radius 3 is 2.56 bits per heavy atom. The Kier molecular flexibility index (Phi) is 9.48. The molecule has 1 saturated heterocycles. The van der Waals surface area contributed by atoms with Crippen LogP contribution in [0.5, 0.6) is 0 Å². The minimum atomic E-state index is 0. The average molecular weight is 460 g/mol. The largest absolute Gasteiger partial charge is 0.363 e. The fourth-order valence-electron chi connectivity index (χ4n) is 2.94. The van der Waals surface area contributed by atoms with E-state index in [9.17, 15) is 0 Å². The van der Waals surface area contributed by atoms with Crippen LogP contribution in [-0.4, -0.2) is 62.2 Å². The predicted octanol–water partition coefficient (Wildman–Crippen LogP) is 2.30. The van der Waals surface area contributed by atoms with Gasteiger partial charge in [-0.3, -0.25) is 4.99 Å². The first kappa shape index (κ1) is 22.0. The summed E-state index contributed by atoms with van der Waals surface area (Å²) in [6.07, 6.45) is 2.32. The van der Waals surface area contributed by atoms with Crippen LogP contribution in [0.2, 0.25) is 0 Å². The molecule has 1 fully saturated rings. The molecule has 2 N–H and O–H groups in total. The van der Waals surface area contributed by atoms with Gasteiger partial charge in [0.2, 0.25) is 0 Å². The molecule has 0 aromatic carbocycles. The quantitative estimate of drug-likeness (QED) is 0.401. The monoisotopic (exact) mass is 460 g/mol. The van der Waals surface area contributed by atoms with Crippen molar-refractivity contribution in [3.8, 4) is 0 Å². The fraction of sp³-hybridized carbons (Fsp3) is 0.667. The highest BCUT2D eigenvalue weighted by atomic mass is 127. The second-order valence-corrected chi connectivity index (χ2v) is 6.86. The Bertz CT molecular complexity index is 538. The van der Waals surface area contributed by atoms with Crippen LogP contribution in [0.3, 0.4) is 0 Å². The van der Waals surface area contributed by atoms with Gasteiger partial charge in [0.15, 0.2) is 5.96 Å².